The first-order valence-electron chi connectivity index (χ1n) is 6.54. The highest BCUT2D eigenvalue weighted by molar-refractivity contribution is 5.85. The van der Waals surface area contributed by atoms with Gasteiger partial charge in [-0.15, -0.1) is 12.4 Å². The van der Waals surface area contributed by atoms with Crippen LogP contribution in [0.15, 0.2) is 30.3 Å². The first kappa shape index (κ1) is 14.4. The van der Waals surface area contributed by atoms with Crippen molar-refractivity contribution in [1.29, 1.82) is 0 Å². The lowest BCUT2D eigenvalue weighted by atomic mass is 10.0. The van der Waals surface area contributed by atoms with Gasteiger partial charge in [-0.1, -0.05) is 44.2 Å². The molecular formula is C15H20ClNO2. The predicted octanol–water partition coefficient (Wildman–Crippen LogP) is 2.40. The topological polar surface area (TPSA) is 38.3 Å². The molecule has 0 radical (unpaired) electrons. The fourth-order valence-electron chi connectivity index (χ4n) is 3.27. The summed E-state index contributed by atoms with van der Waals surface area (Å²) in [7, 11) is 0. The van der Waals surface area contributed by atoms with E-state index >= 15 is 0 Å². The maximum atomic E-state index is 12.1. The van der Waals surface area contributed by atoms with E-state index in [1.165, 1.54) is 0 Å². The summed E-state index contributed by atoms with van der Waals surface area (Å²) >= 11 is 0. The summed E-state index contributed by atoms with van der Waals surface area (Å²) in [6.45, 7) is 5.79. The zero-order valence-corrected chi connectivity index (χ0v) is 12.1. The van der Waals surface area contributed by atoms with Gasteiger partial charge < -0.3 is 10.1 Å². The Bertz CT molecular complexity index is 460. The number of rotatable bonds is 3. The van der Waals surface area contributed by atoms with Gasteiger partial charge in [0.25, 0.3) is 0 Å². The highest BCUT2D eigenvalue weighted by Crippen LogP contribution is 2.62. The minimum Gasteiger partial charge on any atom is -0.460 e. The van der Waals surface area contributed by atoms with E-state index in [4.69, 9.17) is 4.74 Å². The fourth-order valence-corrected chi connectivity index (χ4v) is 3.27. The number of carbonyl (C=O) groups is 1. The molecule has 0 unspecified atom stereocenters. The SMILES string of the molecule is CC1(C)[C@@H]2[C@@H](C(=O)OCc3ccccc3)NC[C@@H]21.Cl. The van der Waals surface area contributed by atoms with Crippen molar-refractivity contribution in [3.63, 3.8) is 0 Å². The summed E-state index contributed by atoms with van der Waals surface area (Å²) in [5.41, 5.74) is 1.34. The number of hydrogen-bond donors (Lipinski definition) is 1. The number of piperidine rings is 1. The molecule has 2 fully saturated rings. The van der Waals surface area contributed by atoms with Gasteiger partial charge in [0.05, 0.1) is 0 Å². The van der Waals surface area contributed by atoms with Crippen molar-refractivity contribution in [2.45, 2.75) is 26.5 Å². The highest BCUT2D eigenvalue weighted by Gasteiger charge is 2.66. The summed E-state index contributed by atoms with van der Waals surface area (Å²) in [6.07, 6.45) is 0. The molecule has 3 nitrogen and oxygen atoms in total. The molecule has 0 amide bonds. The van der Waals surface area contributed by atoms with Gasteiger partial charge in [-0.2, -0.15) is 0 Å². The largest absolute Gasteiger partial charge is 0.460 e. The third kappa shape index (κ3) is 2.49. The van der Waals surface area contributed by atoms with E-state index in [1.54, 1.807) is 0 Å². The van der Waals surface area contributed by atoms with Crippen LogP contribution in [-0.4, -0.2) is 18.6 Å². The van der Waals surface area contributed by atoms with E-state index in [2.05, 4.69) is 19.2 Å². The summed E-state index contributed by atoms with van der Waals surface area (Å²) in [4.78, 5) is 12.1. The second-order valence-corrected chi connectivity index (χ2v) is 5.93. The molecular weight excluding hydrogens is 262 g/mol. The second kappa shape index (κ2) is 5.14. The molecule has 1 aliphatic heterocycles. The minimum atomic E-state index is -0.103. The van der Waals surface area contributed by atoms with E-state index in [9.17, 15) is 4.79 Å². The maximum absolute atomic E-state index is 12.1. The van der Waals surface area contributed by atoms with Gasteiger partial charge in [-0.3, -0.25) is 4.79 Å². The van der Waals surface area contributed by atoms with Crippen molar-refractivity contribution in [3.8, 4) is 0 Å². The third-order valence-corrected chi connectivity index (χ3v) is 4.53. The van der Waals surface area contributed by atoms with Crippen LogP contribution in [0.25, 0.3) is 0 Å². The van der Waals surface area contributed by atoms with Crippen LogP contribution in [-0.2, 0) is 16.1 Å². The Morgan fingerprint density at radius 2 is 2.05 bits per heavy atom. The van der Waals surface area contributed by atoms with Crippen molar-refractivity contribution in [1.82, 2.24) is 5.32 Å². The Labute approximate surface area is 120 Å². The van der Waals surface area contributed by atoms with Crippen molar-refractivity contribution in [2.24, 2.45) is 17.3 Å². The number of benzene rings is 1. The van der Waals surface area contributed by atoms with Crippen molar-refractivity contribution in [3.05, 3.63) is 35.9 Å². The van der Waals surface area contributed by atoms with Crippen LogP contribution in [0.2, 0.25) is 0 Å². The van der Waals surface area contributed by atoms with E-state index in [0.717, 1.165) is 12.1 Å². The van der Waals surface area contributed by atoms with Crippen LogP contribution in [0, 0.1) is 17.3 Å². The lowest BCUT2D eigenvalue weighted by Crippen LogP contribution is -2.38. The Morgan fingerprint density at radius 1 is 1.37 bits per heavy atom. The first-order chi connectivity index (χ1) is 8.60. The second-order valence-electron chi connectivity index (χ2n) is 5.93. The van der Waals surface area contributed by atoms with Gasteiger partial charge in [0.15, 0.2) is 0 Å². The number of carbonyl (C=O) groups excluding carboxylic acids is 1. The number of nitrogens with one attached hydrogen (secondary N) is 1. The van der Waals surface area contributed by atoms with Crippen molar-refractivity contribution >= 4 is 18.4 Å². The van der Waals surface area contributed by atoms with Gasteiger partial charge in [0, 0.05) is 0 Å². The zero-order chi connectivity index (χ0) is 12.8. The molecule has 1 aliphatic carbocycles. The van der Waals surface area contributed by atoms with Crippen LogP contribution in [0.4, 0.5) is 0 Å². The molecule has 2 aliphatic rings. The van der Waals surface area contributed by atoms with Crippen LogP contribution in [0.5, 0.6) is 0 Å². The lowest BCUT2D eigenvalue weighted by molar-refractivity contribution is -0.148. The Balaban J connectivity index is 0.00000133. The summed E-state index contributed by atoms with van der Waals surface area (Å²) in [5, 5.41) is 3.27. The van der Waals surface area contributed by atoms with Gasteiger partial charge in [-0.25, -0.2) is 0 Å². The standard InChI is InChI=1S/C15H19NO2.ClH/c1-15(2)11-8-16-13(12(11)15)14(17)18-9-10-6-4-3-5-7-10;/h3-7,11-13,16H,8-9H2,1-2H3;1H/t11-,12-,13-;/m0./s1. The van der Waals surface area contributed by atoms with Gasteiger partial charge in [0.1, 0.15) is 12.6 Å². The van der Waals surface area contributed by atoms with E-state index in [0.29, 0.717) is 23.9 Å². The Kier molecular flexibility index (Phi) is 3.88. The smallest absolute Gasteiger partial charge is 0.323 e. The summed E-state index contributed by atoms with van der Waals surface area (Å²) < 4.78 is 5.40. The zero-order valence-electron chi connectivity index (χ0n) is 11.3. The molecule has 0 aromatic heterocycles. The number of fused-ring (bicyclic) bond motifs is 1. The molecule has 0 spiro atoms. The Hall–Kier alpha value is -1.06. The minimum absolute atomic E-state index is 0. The highest BCUT2D eigenvalue weighted by atomic mass is 35.5. The van der Waals surface area contributed by atoms with Gasteiger partial charge in [-0.05, 0) is 29.4 Å². The quantitative estimate of drug-likeness (QED) is 0.865. The third-order valence-electron chi connectivity index (χ3n) is 4.53. The molecule has 1 saturated heterocycles. The molecule has 104 valence electrons. The molecule has 1 N–H and O–H groups in total. The molecule has 3 atom stereocenters. The average molecular weight is 282 g/mol. The number of hydrogen-bond acceptors (Lipinski definition) is 3. The molecule has 1 saturated carbocycles. The van der Waals surface area contributed by atoms with Crippen molar-refractivity contribution < 1.29 is 9.53 Å². The summed E-state index contributed by atoms with van der Waals surface area (Å²) in [6, 6.07) is 9.71. The van der Waals surface area contributed by atoms with E-state index in [1.807, 2.05) is 30.3 Å². The van der Waals surface area contributed by atoms with Gasteiger partial charge >= 0.3 is 5.97 Å². The number of halogens is 1. The Morgan fingerprint density at radius 3 is 2.63 bits per heavy atom. The maximum Gasteiger partial charge on any atom is 0.323 e. The molecule has 1 heterocycles. The molecule has 4 heteroatoms. The van der Waals surface area contributed by atoms with Crippen LogP contribution < -0.4 is 5.32 Å². The fraction of sp³-hybridized carbons (Fsp3) is 0.533. The first-order valence-corrected chi connectivity index (χ1v) is 6.54. The molecule has 19 heavy (non-hydrogen) atoms. The average Bonchev–Trinajstić information content (AvgIpc) is 2.78. The predicted molar refractivity (Wildman–Crippen MR) is 76.0 cm³/mol. The molecule has 1 aromatic carbocycles. The van der Waals surface area contributed by atoms with Gasteiger partial charge in [0.2, 0.25) is 0 Å². The number of ether oxygens (including phenoxy) is 1. The monoisotopic (exact) mass is 281 g/mol. The summed E-state index contributed by atoms with van der Waals surface area (Å²) in [5.74, 6) is 1.00. The number of esters is 1. The lowest BCUT2D eigenvalue weighted by Gasteiger charge is -2.17. The van der Waals surface area contributed by atoms with Crippen LogP contribution in [0.1, 0.15) is 19.4 Å². The molecule has 0 bridgehead atoms. The van der Waals surface area contributed by atoms with E-state index in [-0.39, 0.29) is 24.4 Å². The molecule has 1 aromatic rings. The normalized spacial score (nSPS) is 30.1. The molecule has 3 rings (SSSR count). The van der Waals surface area contributed by atoms with Crippen LogP contribution >= 0.6 is 12.4 Å². The van der Waals surface area contributed by atoms with Crippen molar-refractivity contribution in [2.75, 3.05) is 6.54 Å². The van der Waals surface area contributed by atoms with E-state index < -0.39 is 0 Å². The van der Waals surface area contributed by atoms with Crippen LogP contribution in [0.3, 0.4) is 0 Å².